The second-order valence-corrected chi connectivity index (χ2v) is 8.92. The van der Waals surface area contributed by atoms with E-state index in [2.05, 4.69) is 15.6 Å². The molecule has 0 aliphatic rings. The average molecular weight is 521 g/mol. The Labute approximate surface area is 215 Å². The minimum Gasteiger partial charge on any atom is -0.495 e. The Morgan fingerprint density at radius 3 is 2.62 bits per heavy atom. The summed E-state index contributed by atoms with van der Waals surface area (Å²) in [7, 11) is 1.51. The minimum atomic E-state index is -0.497. The van der Waals surface area contributed by atoms with Crippen molar-refractivity contribution in [3.63, 3.8) is 0 Å². The summed E-state index contributed by atoms with van der Waals surface area (Å²) in [4.78, 5) is 55.8. The number of hydrogen-bond acceptors (Lipinski definition) is 8. The molecule has 2 aromatic heterocycles. The third-order valence-corrected chi connectivity index (χ3v) is 6.65. The zero-order valence-corrected chi connectivity index (χ0v) is 21.2. The molecule has 10 nitrogen and oxygen atoms in total. The van der Waals surface area contributed by atoms with E-state index in [1.54, 1.807) is 56.3 Å². The highest BCUT2D eigenvalue weighted by Crippen LogP contribution is 2.29. The van der Waals surface area contributed by atoms with Gasteiger partial charge < -0.3 is 20.1 Å². The molecule has 0 aliphatic heterocycles. The molecule has 0 spiro atoms. The molecule has 0 saturated carbocycles. The van der Waals surface area contributed by atoms with E-state index in [9.17, 15) is 19.2 Å². The first-order valence-electron chi connectivity index (χ1n) is 11.3. The fraction of sp³-hybridized carbons (Fsp3) is 0.192. The van der Waals surface area contributed by atoms with Crippen molar-refractivity contribution >= 4 is 50.7 Å². The molecule has 2 N–H and O–H groups in total. The maximum Gasteiger partial charge on any atom is 0.338 e. The molecule has 2 heterocycles. The van der Waals surface area contributed by atoms with Crippen molar-refractivity contribution in [3.05, 3.63) is 81.2 Å². The van der Waals surface area contributed by atoms with Crippen LogP contribution in [0.4, 0.5) is 11.4 Å². The number of amides is 2. The van der Waals surface area contributed by atoms with Gasteiger partial charge in [0.25, 0.3) is 11.5 Å². The molecule has 4 aromatic rings. The highest BCUT2D eigenvalue weighted by molar-refractivity contribution is 7.20. The monoisotopic (exact) mass is 520 g/mol. The van der Waals surface area contributed by atoms with E-state index >= 15 is 0 Å². The van der Waals surface area contributed by atoms with Gasteiger partial charge in [0, 0.05) is 5.69 Å². The average Bonchev–Trinajstić information content (AvgIpc) is 3.23. The van der Waals surface area contributed by atoms with Crippen molar-refractivity contribution < 1.29 is 23.9 Å². The Morgan fingerprint density at radius 1 is 1.08 bits per heavy atom. The molecule has 0 fully saturated rings. The highest BCUT2D eigenvalue weighted by atomic mass is 32.1. The number of thiophene rings is 1. The van der Waals surface area contributed by atoms with E-state index in [1.807, 2.05) is 0 Å². The number of hydrogen-bond donors (Lipinski definition) is 2. The van der Waals surface area contributed by atoms with Gasteiger partial charge in [-0.2, -0.15) is 0 Å². The SMILES string of the molecule is CCOC(=O)c1cccc(NC(=O)Cn2cnc3sc(C(=O)Nc4ccccc4OC)c(C)c3c2=O)c1. The van der Waals surface area contributed by atoms with Gasteiger partial charge in [0.05, 0.1) is 41.6 Å². The lowest BCUT2D eigenvalue weighted by molar-refractivity contribution is -0.116. The number of nitrogens with one attached hydrogen (secondary N) is 2. The minimum absolute atomic E-state index is 0.236. The number of nitrogens with zero attached hydrogens (tertiary/aromatic N) is 2. The number of aromatic nitrogens is 2. The molecular weight excluding hydrogens is 496 g/mol. The molecule has 37 heavy (non-hydrogen) atoms. The summed E-state index contributed by atoms with van der Waals surface area (Å²) in [5.74, 6) is -0.863. The van der Waals surface area contributed by atoms with E-state index < -0.39 is 23.3 Å². The van der Waals surface area contributed by atoms with Crippen LogP contribution in [0.5, 0.6) is 5.75 Å². The fourth-order valence-corrected chi connectivity index (χ4v) is 4.74. The van der Waals surface area contributed by atoms with Crippen LogP contribution in [0.15, 0.2) is 59.7 Å². The van der Waals surface area contributed by atoms with Gasteiger partial charge in [-0.15, -0.1) is 11.3 Å². The fourth-order valence-electron chi connectivity index (χ4n) is 3.71. The van der Waals surface area contributed by atoms with Crippen LogP contribution in [0, 0.1) is 6.92 Å². The number of benzene rings is 2. The van der Waals surface area contributed by atoms with Gasteiger partial charge in [-0.25, -0.2) is 9.78 Å². The van der Waals surface area contributed by atoms with Crippen molar-refractivity contribution in [2.75, 3.05) is 24.4 Å². The maximum atomic E-state index is 13.2. The van der Waals surface area contributed by atoms with Gasteiger partial charge in [0.15, 0.2) is 0 Å². The summed E-state index contributed by atoms with van der Waals surface area (Å²) in [5.41, 5.74) is 1.22. The molecule has 2 amide bonds. The Balaban J connectivity index is 1.54. The number of para-hydroxylation sites is 2. The summed E-state index contributed by atoms with van der Waals surface area (Å²) in [6.45, 7) is 3.31. The smallest absolute Gasteiger partial charge is 0.338 e. The topological polar surface area (TPSA) is 129 Å². The number of fused-ring (bicyclic) bond motifs is 1. The van der Waals surface area contributed by atoms with Crippen LogP contribution >= 0.6 is 11.3 Å². The zero-order chi connectivity index (χ0) is 26.5. The second kappa shape index (κ2) is 11.0. The van der Waals surface area contributed by atoms with Crippen molar-refractivity contribution in [3.8, 4) is 5.75 Å². The van der Waals surface area contributed by atoms with Gasteiger partial charge in [-0.3, -0.25) is 19.0 Å². The van der Waals surface area contributed by atoms with Crippen LogP contribution in [0.1, 0.15) is 32.5 Å². The third-order valence-electron chi connectivity index (χ3n) is 5.45. The van der Waals surface area contributed by atoms with Crippen LogP contribution in [0.3, 0.4) is 0 Å². The van der Waals surface area contributed by atoms with Crippen LogP contribution < -0.4 is 20.9 Å². The van der Waals surface area contributed by atoms with Crippen LogP contribution in [-0.2, 0) is 16.1 Å². The number of rotatable bonds is 8. The molecule has 0 unspecified atom stereocenters. The lowest BCUT2D eigenvalue weighted by Crippen LogP contribution is -2.28. The summed E-state index contributed by atoms with van der Waals surface area (Å²) >= 11 is 1.10. The molecule has 2 aromatic carbocycles. The van der Waals surface area contributed by atoms with Crippen molar-refractivity contribution in [2.24, 2.45) is 0 Å². The normalized spacial score (nSPS) is 10.7. The number of carbonyl (C=O) groups excluding carboxylic acids is 3. The molecule has 190 valence electrons. The van der Waals surface area contributed by atoms with Crippen molar-refractivity contribution in [1.29, 1.82) is 0 Å². The third kappa shape index (κ3) is 5.51. The van der Waals surface area contributed by atoms with Gasteiger partial charge in [-0.05, 0) is 49.7 Å². The first kappa shape index (κ1) is 25.6. The summed E-state index contributed by atoms with van der Waals surface area (Å²) in [6, 6.07) is 13.3. The van der Waals surface area contributed by atoms with E-state index in [1.165, 1.54) is 24.1 Å². The lowest BCUT2D eigenvalue weighted by Gasteiger charge is -2.09. The van der Waals surface area contributed by atoms with Crippen LogP contribution in [-0.4, -0.2) is 41.1 Å². The Bertz CT molecular complexity index is 1560. The first-order valence-corrected chi connectivity index (χ1v) is 12.1. The number of esters is 1. The molecule has 0 aliphatic carbocycles. The van der Waals surface area contributed by atoms with Crippen molar-refractivity contribution in [1.82, 2.24) is 9.55 Å². The standard InChI is InChI=1S/C26H24N4O6S/c1-4-36-26(34)16-8-7-9-17(12-16)28-20(31)13-30-14-27-24-21(25(30)33)15(2)22(37-24)23(32)29-18-10-5-6-11-19(18)35-3/h5-12,14H,4,13H2,1-3H3,(H,28,31)(H,29,32). The molecule has 0 bridgehead atoms. The molecular formula is C26H24N4O6S. The van der Waals surface area contributed by atoms with E-state index in [0.29, 0.717) is 38.0 Å². The first-order chi connectivity index (χ1) is 17.8. The highest BCUT2D eigenvalue weighted by Gasteiger charge is 2.21. The number of carbonyl (C=O) groups is 3. The Hall–Kier alpha value is -4.51. The Kier molecular flexibility index (Phi) is 7.63. The molecule has 0 saturated heterocycles. The number of anilines is 2. The van der Waals surface area contributed by atoms with Crippen LogP contribution in [0.2, 0.25) is 0 Å². The summed E-state index contributed by atoms with van der Waals surface area (Å²) in [5, 5.41) is 5.75. The molecule has 0 radical (unpaired) electrons. The molecule has 11 heteroatoms. The molecule has 4 rings (SSSR count). The number of methoxy groups -OCH3 is 1. The van der Waals surface area contributed by atoms with E-state index in [4.69, 9.17) is 9.47 Å². The molecule has 0 atom stereocenters. The lowest BCUT2D eigenvalue weighted by atomic mass is 10.2. The largest absolute Gasteiger partial charge is 0.495 e. The number of ether oxygens (including phenoxy) is 2. The quantitative estimate of drug-likeness (QED) is 0.338. The predicted molar refractivity (Wildman–Crippen MR) is 141 cm³/mol. The van der Waals surface area contributed by atoms with Gasteiger partial charge in [0.1, 0.15) is 17.1 Å². The van der Waals surface area contributed by atoms with Gasteiger partial charge >= 0.3 is 5.97 Å². The summed E-state index contributed by atoms with van der Waals surface area (Å²) < 4.78 is 11.4. The van der Waals surface area contributed by atoms with E-state index in [-0.39, 0.29) is 18.5 Å². The van der Waals surface area contributed by atoms with Gasteiger partial charge in [-0.1, -0.05) is 18.2 Å². The van der Waals surface area contributed by atoms with Crippen LogP contribution in [0.25, 0.3) is 10.2 Å². The maximum absolute atomic E-state index is 13.2. The van der Waals surface area contributed by atoms with Gasteiger partial charge in [0.2, 0.25) is 5.91 Å². The second-order valence-electron chi connectivity index (χ2n) is 7.92. The zero-order valence-electron chi connectivity index (χ0n) is 20.4. The predicted octanol–water partition coefficient (Wildman–Crippen LogP) is 3.84. The van der Waals surface area contributed by atoms with Crippen molar-refractivity contribution in [2.45, 2.75) is 20.4 Å². The Morgan fingerprint density at radius 2 is 1.86 bits per heavy atom. The van der Waals surface area contributed by atoms with E-state index in [0.717, 1.165) is 11.3 Å². The number of aryl methyl sites for hydroxylation is 1. The summed E-state index contributed by atoms with van der Waals surface area (Å²) in [6.07, 6.45) is 1.27.